The Morgan fingerprint density at radius 2 is 1.85 bits per heavy atom. The van der Waals surface area contributed by atoms with E-state index in [1.165, 1.54) is 0 Å². The number of nitrogens with zero attached hydrogens (tertiary/aromatic N) is 2. The number of anilines is 1. The van der Waals surface area contributed by atoms with Gasteiger partial charge in [-0.1, -0.05) is 6.07 Å². The number of hydrogen-bond acceptors (Lipinski definition) is 6. The molecule has 0 saturated carbocycles. The minimum absolute atomic E-state index is 0.201. The van der Waals surface area contributed by atoms with Crippen LogP contribution in [0.5, 0.6) is 0 Å². The van der Waals surface area contributed by atoms with Crippen LogP contribution in [0.3, 0.4) is 0 Å². The number of esters is 1. The van der Waals surface area contributed by atoms with Gasteiger partial charge in [0.25, 0.3) is 0 Å². The van der Waals surface area contributed by atoms with Gasteiger partial charge in [0.05, 0.1) is 6.61 Å². The van der Waals surface area contributed by atoms with E-state index < -0.39 is 11.6 Å². The number of furan rings is 1. The van der Waals surface area contributed by atoms with E-state index in [4.69, 9.17) is 13.9 Å². The van der Waals surface area contributed by atoms with Crippen molar-refractivity contribution in [2.45, 2.75) is 33.3 Å². The largest absolute Gasteiger partial charge is 0.460 e. The van der Waals surface area contributed by atoms with E-state index in [0.717, 1.165) is 11.1 Å². The molecule has 7 heteroatoms. The molecule has 0 bridgehead atoms. The van der Waals surface area contributed by atoms with Gasteiger partial charge in [-0.05, 0) is 39.8 Å². The monoisotopic (exact) mass is 374 g/mol. The van der Waals surface area contributed by atoms with Crippen LogP contribution in [0.1, 0.15) is 38.2 Å². The standard InChI is InChI=1S/C20H26N2O5/c1-5-25-18(23)17-13-14-15(7-6-8-16(14)26-17)21-9-11-22(12-10-21)19(24)27-20(2,3)4/h6-8,13H,5,9-12H2,1-4H3. The van der Waals surface area contributed by atoms with Gasteiger partial charge < -0.3 is 23.7 Å². The van der Waals surface area contributed by atoms with Crippen molar-refractivity contribution < 1.29 is 23.5 Å². The van der Waals surface area contributed by atoms with Gasteiger partial charge in [0.15, 0.2) is 0 Å². The molecule has 0 spiro atoms. The van der Waals surface area contributed by atoms with Gasteiger partial charge in [0.2, 0.25) is 5.76 Å². The van der Waals surface area contributed by atoms with Gasteiger partial charge in [0, 0.05) is 43.3 Å². The summed E-state index contributed by atoms with van der Waals surface area (Å²) in [4.78, 5) is 28.1. The molecular weight excluding hydrogens is 348 g/mol. The highest BCUT2D eigenvalue weighted by atomic mass is 16.6. The van der Waals surface area contributed by atoms with Crippen LogP contribution in [-0.4, -0.2) is 55.3 Å². The van der Waals surface area contributed by atoms with Gasteiger partial charge in [-0.25, -0.2) is 9.59 Å². The quantitative estimate of drug-likeness (QED) is 0.764. The fraction of sp³-hybridized carbons (Fsp3) is 0.500. The molecule has 0 unspecified atom stereocenters. The molecule has 27 heavy (non-hydrogen) atoms. The zero-order chi connectivity index (χ0) is 19.6. The number of fused-ring (bicyclic) bond motifs is 1. The maximum atomic E-state index is 12.2. The molecule has 146 valence electrons. The Kier molecular flexibility index (Phi) is 5.30. The summed E-state index contributed by atoms with van der Waals surface area (Å²) < 4.78 is 16.1. The van der Waals surface area contributed by atoms with E-state index in [0.29, 0.717) is 38.4 Å². The average molecular weight is 374 g/mol. The van der Waals surface area contributed by atoms with Crippen LogP contribution in [0.25, 0.3) is 11.0 Å². The van der Waals surface area contributed by atoms with Gasteiger partial charge >= 0.3 is 12.1 Å². The molecule has 1 aromatic heterocycles. The van der Waals surface area contributed by atoms with E-state index in [2.05, 4.69) is 4.90 Å². The Bertz CT molecular complexity index is 828. The molecule has 7 nitrogen and oxygen atoms in total. The van der Waals surface area contributed by atoms with Crippen molar-refractivity contribution in [1.29, 1.82) is 0 Å². The molecule has 1 aliphatic rings. The summed E-state index contributed by atoms with van der Waals surface area (Å²) in [5.41, 5.74) is 1.13. The highest BCUT2D eigenvalue weighted by Crippen LogP contribution is 2.31. The highest BCUT2D eigenvalue weighted by Gasteiger charge is 2.27. The predicted octanol–water partition coefficient (Wildman–Crippen LogP) is 3.67. The number of hydrogen-bond donors (Lipinski definition) is 0. The number of carbonyl (C=O) groups excluding carboxylic acids is 2. The fourth-order valence-electron chi connectivity index (χ4n) is 3.08. The number of piperazine rings is 1. The van der Waals surface area contributed by atoms with E-state index in [1.807, 2.05) is 39.0 Å². The van der Waals surface area contributed by atoms with Crippen LogP contribution < -0.4 is 4.90 Å². The lowest BCUT2D eigenvalue weighted by Crippen LogP contribution is -2.50. The first-order chi connectivity index (χ1) is 12.8. The number of rotatable bonds is 3. The molecule has 1 saturated heterocycles. The van der Waals surface area contributed by atoms with Crippen LogP contribution in [0.15, 0.2) is 28.7 Å². The normalized spacial score (nSPS) is 15.1. The lowest BCUT2D eigenvalue weighted by Gasteiger charge is -2.37. The summed E-state index contributed by atoms with van der Waals surface area (Å²) in [6.07, 6.45) is -0.284. The zero-order valence-electron chi connectivity index (χ0n) is 16.3. The Hall–Kier alpha value is -2.70. The Balaban J connectivity index is 1.73. The van der Waals surface area contributed by atoms with Crippen molar-refractivity contribution in [3.8, 4) is 0 Å². The summed E-state index contributed by atoms with van der Waals surface area (Å²) in [5.74, 6) is -0.263. The van der Waals surface area contributed by atoms with Crippen molar-refractivity contribution in [3.63, 3.8) is 0 Å². The fourth-order valence-corrected chi connectivity index (χ4v) is 3.08. The molecule has 1 fully saturated rings. The molecule has 2 heterocycles. The van der Waals surface area contributed by atoms with Gasteiger partial charge in [-0.2, -0.15) is 0 Å². The Morgan fingerprint density at radius 3 is 2.48 bits per heavy atom. The summed E-state index contributed by atoms with van der Waals surface area (Å²) in [6, 6.07) is 7.45. The first kappa shape index (κ1) is 19.1. The summed E-state index contributed by atoms with van der Waals surface area (Å²) in [5, 5.41) is 0.867. The number of ether oxygens (including phenoxy) is 2. The van der Waals surface area contributed by atoms with Crippen molar-refractivity contribution >= 4 is 28.7 Å². The SMILES string of the molecule is CCOC(=O)c1cc2c(N3CCN(C(=O)OC(C)(C)C)CC3)cccc2o1. The maximum absolute atomic E-state index is 12.2. The Morgan fingerprint density at radius 1 is 1.15 bits per heavy atom. The van der Waals surface area contributed by atoms with Gasteiger partial charge in [-0.3, -0.25) is 0 Å². The molecule has 0 aliphatic carbocycles. The van der Waals surface area contributed by atoms with E-state index >= 15 is 0 Å². The van der Waals surface area contributed by atoms with Crippen molar-refractivity contribution in [2.24, 2.45) is 0 Å². The smallest absolute Gasteiger partial charge is 0.410 e. The summed E-state index contributed by atoms with van der Waals surface area (Å²) in [6.45, 7) is 10.2. The molecular formula is C20H26N2O5. The lowest BCUT2D eigenvalue weighted by atomic mass is 10.1. The summed E-state index contributed by atoms with van der Waals surface area (Å²) in [7, 11) is 0. The van der Waals surface area contributed by atoms with Gasteiger partial charge in [0.1, 0.15) is 11.2 Å². The molecule has 2 aromatic rings. The molecule has 1 aliphatic heterocycles. The van der Waals surface area contributed by atoms with Gasteiger partial charge in [-0.15, -0.1) is 0 Å². The van der Waals surface area contributed by atoms with E-state index in [1.54, 1.807) is 17.9 Å². The van der Waals surface area contributed by atoms with Crippen LogP contribution in [-0.2, 0) is 9.47 Å². The molecule has 3 rings (SSSR count). The third-order valence-corrected chi connectivity index (χ3v) is 4.29. The topological polar surface area (TPSA) is 72.2 Å². The van der Waals surface area contributed by atoms with E-state index in [-0.39, 0.29) is 11.9 Å². The first-order valence-electron chi connectivity index (χ1n) is 9.21. The first-order valence-corrected chi connectivity index (χ1v) is 9.21. The van der Waals surface area contributed by atoms with Crippen molar-refractivity contribution in [1.82, 2.24) is 4.90 Å². The number of carbonyl (C=O) groups is 2. The molecule has 1 aromatic carbocycles. The van der Waals surface area contributed by atoms with Crippen LogP contribution in [0.2, 0.25) is 0 Å². The highest BCUT2D eigenvalue weighted by molar-refractivity contribution is 5.98. The minimum Gasteiger partial charge on any atom is -0.460 e. The van der Waals surface area contributed by atoms with Crippen molar-refractivity contribution in [2.75, 3.05) is 37.7 Å². The second-order valence-corrected chi connectivity index (χ2v) is 7.47. The molecule has 0 N–H and O–H groups in total. The zero-order valence-corrected chi connectivity index (χ0v) is 16.3. The second-order valence-electron chi connectivity index (χ2n) is 7.47. The second kappa shape index (κ2) is 7.50. The number of amides is 1. The number of benzene rings is 1. The van der Waals surface area contributed by atoms with Crippen LogP contribution in [0, 0.1) is 0 Å². The molecule has 0 radical (unpaired) electrons. The third-order valence-electron chi connectivity index (χ3n) is 4.29. The Labute approximate surface area is 158 Å². The molecule has 1 amide bonds. The maximum Gasteiger partial charge on any atom is 0.410 e. The third kappa shape index (κ3) is 4.35. The molecule has 0 atom stereocenters. The van der Waals surface area contributed by atoms with Crippen LogP contribution in [0.4, 0.5) is 10.5 Å². The average Bonchev–Trinajstić information content (AvgIpc) is 3.05. The lowest BCUT2D eigenvalue weighted by molar-refractivity contribution is 0.0240. The van der Waals surface area contributed by atoms with E-state index in [9.17, 15) is 9.59 Å². The minimum atomic E-state index is -0.500. The predicted molar refractivity (Wildman–Crippen MR) is 102 cm³/mol. The summed E-state index contributed by atoms with van der Waals surface area (Å²) >= 11 is 0. The van der Waals surface area contributed by atoms with Crippen LogP contribution >= 0.6 is 0 Å². The van der Waals surface area contributed by atoms with Crippen molar-refractivity contribution in [3.05, 3.63) is 30.0 Å².